The second-order valence-electron chi connectivity index (χ2n) is 6.97. The van der Waals surface area contributed by atoms with Gasteiger partial charge >= 0.3 is 0 Å². The Morgan fingerprint density at radius 3 is 3.12 bits per heavy atom. The van der Waals surface area contributed by atoms with E-state index in [1.54, 1.807) is 0 Å². The van der Waals surface area contributed by atoms with E-state index >= 15 is 0 Å². The quantitative estimate of drug-likeness (QED) is 0.860. The summed E-state index contributed by atoms with van der Waals surface area (Å²) in [7, 11) is 0. The molecule has 2 aliphatic heterocycles. The van der Waals surface area contributed by atoms with Crippen molar-refractivity contribution < 1.29 is 13.9 Å². The van der Waals surface area contributed by atoms with Gasteiger partial charge in [-0.25, -0.2) is 0 Å². The third-order valence-corrected chi connectivity index (χ3v) is 4.89. The Morgan fingerprint density at radius 1 is 1.38 bits per heavy atom. The van der Waals surface area contributed by atoms with E-state index in [9.17, 15) is 0 Å². The topological polar surface area (TPSA) is 52.7 Å². The molecule has 2 saturated heterocycles. The molecule has 0 aromatic carbocycles. The fraction of sp³-hybridized carbons (Fsp3) is 0.611. The number of hydrogen-bond donors (Lipinski definition) is 0. The van der Waals surface area contributed by atoms with Gasteiger partial charge in [-0.3, -0.25) is 9.58 Å². The molecule has 2 aromatic heterocycles. The Bertz CT molecular complexity index is 654. The third kappa shape index (κ3) is 3.55. The predicted molar refractivity (Wildman–Crippen MR) is 88.6 cm³/mol. The molecule has 1 spiro atoms. The van der Waals surface area contributed by atoms with E-state index in [0.29, 0.717) is 6.61 Å². The molecule has 0 aliphatic carbocycles. The van der Waals surface area contributed by atoms with Gasteiger partial charge in [0.1, 0.15) is 17.1 Å². The molecule has 2 aliphatic rings. The summed E-state index contributed by atoms with van der Waals surface area (Å²) < 4.78 is 20.0. The van der Waals surface area contributed by atoms with Crippen molar-refractivity contribution >= 4 is 0 Å². The van der Waals surface area contributed by atoms with Crippen LogP contribution in [0.15, 0.2) is 35.0 Å². The fourth-order valence-electron chi connectivity index (χ4n) is 3.77. The number of furan rings is 1. The number of rotatable bonds is 4. The molecule has 2 atom stereocenters. The maximum absolute atomic E-state index is 6.46. The van der Waals surface area contributed by atoms with Crippen molar-refractivity contribution in [2.24, 2.45) is 0 Å². The van der Waals surface area contributed by atoms with Gasteiger partial charge < -0.3 is 13.9 Å². The summed E-state index contributed by atoms with van der Waals surface area (Å²) in [5.74, 6) is 1.97. The minimum atomic E-state index is -0.198. The molecular formula is C18H25N3O3. The molecule has 6 nitrogen and oxygen atoms in total. The van der Waals surface area contributed by atoms with E-state index in [-0.39, 0.29) is 11.7 Å². The molecule has 0 unspecified atom stereocenters. The monoisotopic (exact) mass is 331 g/mol. The Kier molecular flexibility index (Phi) is 4.43. The van der Waals surface area contributed by atoms with Gasteiger partial charge in [0.2, 0.25) is 0 Å². The van der Waals surface area contributed by atoms with Crippen LogP contribution in [0.2, 0.25) is 0 Å². The van der Waals surface area contributed by atoms with E-state index in [2.05, 4.69) is 16.1 Å². The van der Waals surface area contributed by atoms with Gasteiger partial charge in [-0.05, 0) is 38.0 Å². The van der Waals surface area contributed by atoms with Crippen LogP contribution in [0.4, 0.5) is 0 Å². The zero-order valence-corrected chi connectivity index (χ0v) is 14.2. The first-order valence-electron chi connectivity index (χ1n) is 8.71. The molecule has 2 fully saturated rings. The highest BCUT2D eigenvalue weighted by Gasteiger charge is 2.43. The Balaban J connectivity index is 1.40. The first-order chi connectivity index (χ1) is 11.7. The van der Waals surface area contributed by atoms with E-state index in [1.165, 1.54) is 0 Å². The molecule has 4 heterocycles. The Labute approximate surface area is 142 Å². The van der Waals surface area contributed by atoms with Crippen molar-refractivity contribution in [1.29, 1.82) is 0 Å². The van der Waals surface area contributed by atoms with Crippen molar-refractivity contribution in [2.75, 3.05) is 26.3 Å². The highest BCUT2D eigenvalue weighted by atomic mass is 16.6. The number of aryl methyl sites for hydroxylation is 1. The van der Waals surface area contributed by atoms with Crippen LogP contribution < -0.4 is 0 Å². The van der Waals surface area contributed by atoms with Crippen LogP contribution >= 0.6 is 0 Å². The summed E-state index contributed by atoms with van der Waals surface area (Å²) in [5, 5.41) is 4.29. The number of nitrogens with zero attached hydrogens (tertiary/aromatic N) is 3. The van der Waals surface area contributed by atoms with Gasteiger partial charge in [0.05, 0.1) is 32.4 Å². The van der Waals surface area contributed by atoms with Crippen molar-refractivity contribution in [2.45, 2.75) is 44.6 Å². The summed E-state index contributed by atoms with van der Waals surface area (Å²) in [6.45, 7) is 6.83. The average Bonchev–Trinajstić information content (AvgIpc) is 3.25. The molecule has 0 bridgehead atoms. The van der Waals surface area contributed by atoms with Crippen LogP contribution in [0.5, 0.6) is 0 Å². The van der Waals surface area contributed by atoms with Crippen molar-refractivity contribution in [3.05, 3.63) is 42.1 Å². The Morgan fingerprint density at radius 2 is 2.33 bits per heavy atom. The highest BCUT2D eigenvalue weighted by Crippen LogP contribution is 2.34. The van der Waals surface area contributed by atoms with Crippen molar-refractivity contribution in [3.8, 4) is 0 Å². The summed E-state index contributed by atoms with van der Waals surface area (Å²) in [6, 6.07) is 6.03. The summed E-state index contributed by atoms with van der Waals surface area (Å²) in [4.78, 5) is 2.39. The van der Waals surface area contributed by atoms with Crippen LogP contribution in [0.25, 0.3) is 0 Å². The molecule has 2 aromatic rings. The molecular weight excluding hydrogens is 306 g/mol. The van der Waals surface area contributed by atoms with Crippen LogP contribution in [-0.4, -0.2) is 52.7 Å². The minimum Gasteiger partial charge on any atom is -0.465 e. The van der Waals surface area contributed by atoms with Gasteiger partial charge in [-0.2, -0.15) is 5.10 Å². The smallest absolute Gasteiger partial charge is 0.118 e. The number of aromatic nitrogens is 2. The molecule has 0 saturated carbocycles. The lowest BCUT2D eigenvalue weighted by molar-refractivity contribution is -0.0907. The molecule has 24 heavy (non-hydrogen) atoms. The fourth-order valence-corrected chi connectivity index (χ4v) is 3.77. The van der Waals surface area contributed by atoms with Gasteiger partial charge in [0.15, 0.2) is 0 Å². The molecule has 0 amide bonds. The minimum absolute atomic E-state index is 0.198. The highest BCUT2D eigenvalue weighted by molar-refractivity contribution is 5.06. The third-order valence-electron chi connectivity index (χ3n) is 4.89. The zero-order valence-electron chi connectivity index (χ0n) is 14.2. The van der Waals surface area contributed by atoms with Crippen molar-refractivity contribution in [1.82, 2.24) is 14.7 Å². The van der Waals surface area contributed by atoms with Gasteiger partial charge in [0.25, 0.3) is 0 Å². The number of hydrogen-bond acceptors (Lipinski definition) is 5. The standard InChI is InChI=1S/C18H25N3O3/c1-15-3-4-16(23-15)11-20-9-10-22-14-18(13-20)6-5-17(24-18)12-21-8-2-7-19-21/h2-4,7-8,17H,5-6,9-14H2,1H3/t17-,18-/m0/s1. The lowest BCUT2D eigenvalue weighted by Gasteiger charge is -2.31. The maximum Gasteiger partial charge on any atom is 0.118 e. The number of ether oxygens (including phenoxy) is 2. The normalized spacial score (nSPS) is 28.5. The van der Waals surface area contributed by atoms with Crippen molar-refractivity contribution in [3.63, 3.8) is 0 Å². The lowest BCUT2D eigenvalue weighted by Crippen LogP contribution is -2.44. The van der Waals surface area contributed by atoms with Crippen LogP contribution in [0, 0.1) is 6.92 Å². The van der Waals surface area contributed by atoms with Gasteiger partial charge in [-0.1, -0.05) is 0 Å². The average molecular weight is 331 g/mol. The van der Waals surface area contributed by atoms with Crippen LogP contribution in [-0.2, 0) is 22.6 Å². The maximum atomic E-state index is 6.46. The second kappa shape index (κ2) is 6.70. The zero-order chi connectivity index (χ0) is 16.4. The second-order valence-corrected chi connectivity index (χ2v) is 6.97. The SMILES string of the molecule is Cc1ccc(CN2CCOC[C@]3(CC[C@@H](Cn4cccn4)O3)C2)o1. The first-order valence-corrected chi connectivity index (χ1v) is 8.71. The predicted octanol–water partition coefficient (Wildman–Crippen LogP) is 2.23. The van der Waals surface area contributed by atoms with E-state index in [0.717, 1.165) is 57.1 Å². The molecule has 0 radical (unpaired) electrons. The molecule has 0 N–H and O–H groups in total. The molecule has 4 rings (SSSR count). The van der Waals surface area contributed by atoms with Crippen LogP contribution in [0.1, 0.15) is 24.4 Å². The molecule has 130 valence electrons. The Hall–Kier alpha value is -1.63. The summed E-state index contributed by atoms with van der Waals surface area (Å²) >= 11 is 0. The van der Waals surface area contributed by atoms with E-state index in [4.69, 9.17) is 13.9 Å². The van der Waals surface area contributed by atoms with E-state index < -0.39 is 0 Å². The first kappa shape index (κ1) is 15.9. The summed E-state index contributed by atoms with van der Waals surface area (Å²) in [5.41, 5.74) is -0.198. The lowest BCUT2D eigenvalue weighted by atomic mass is 10.00. The van der Waals surface area contributed by atoms with E-state index in [1.807, 2.05) is 36.1 Å². The molecule has 6 heteroatoms. The van der Waals surface area contributed by atoms with Crippen LogP contribution in [0.3, 0.4) is 0 Å². The van der Waals surface area contributed by atoms with Gasteiger partial charge in [-0.15, -0.1) is 0 Å². The van der Waals surface area contributed by atoms with Gasteiger partial charge in [0, 0.05) is 25.5 Å². The summed E-state index contributed by atoms with van der Waals surface area (Å²) in [6.07, 6.45) is 6.10. The largest absolute Gasteiger partial charge is 0.465 e.